The maximum absolute atomic E-state index is 12.6. The van der Waals surface area contributed by atoms with Crippen molar-refractivity contribution in [3.8, 4) is 0 Å². The van der Waals surface area contributed by atoms with Crippen LogP contribution in [0.2, 0.25) is 5.02 Å². The van der Waals surface area contributed by atoms with E-state index in [1.807, 2.05) is 0 Å². The molecule has 0 aliphatic carbocycles. The summed E-state index contributed by atoms with van der Waals surface area (Å²) in [5.41, 5.74) is 0.824. The van der Waals surface area contributed by atoms with Crippen LogP contribution in [0.25, 0.3) is 0 Å². The van der Waals surface area contributed by atoms with Gasteiger partial charge in [0, 0.05) is 37.0 Å². The second-order valence-corrected chi connectivity index (χ2v) is 8.12. The summed E-state index contributed by atoms with van der Waals surface area (Å²) >= 11 is 5.90. The van der Waals surface area contributed by atoms with Gasteiger partial charge in [0.25, 0.3) is 5.91 Å². The first-order valence-corrected chi connectivity index (χ1v) is 9.43. The molecule has 6 nitrogen and oxygen atoms in total. The van der Waals surface area contributed by atoms with Gasteiger partial charge in [-0.1, -0.05) is 17.7 Å². The van der Waals surface area contributed by atoms with Crippen molar-refractivity contribution in [1.82, 2.24) is 8.87 Å². The Hall–Kier alpha value is -1.83. The van der Waals surface area contributed by atoms with Gasteiger partial charge in [0.1, 0.15) is 10.6 Å². The van der Waals surface area contributed by atoms with E-state index in [0.717, 1.165) is 12.8 Å². The molecular weight excluding hydrogens is 350 g/mol. The van der Waals surface area contributed by atoms with E-state index >= 15 is 0 Å². The van der Waals surface area contributed by atoms with Crippen molar-refractivity contribution in [2.24, 2.45) is 7.05 Å². The van der Waals surface area contributed by atoms with Gasteiger partial charge in [0.2, 0.25) is 10.0 Å². The molecule has 0 atom stereocenters. The molecule has 24 heavy (non-hydrogen) atoms. The first-order chi connectivity index (χ1) is 11.4. The third-order valence-corrected chi connectivity index (χ3v) is 6.10. The highest BCUT2D eigenvalue weighted by Crippen LogP contribution is 2.23. The van der Waals surface area contributed by atoms with Crippen molar-refractivity contribution in [1.29, 1.82) is 0 Å². The lowest BCUT2D eigenvalue weighted by Crippen LogP contribution is -2.27. The molecule has 1 fully saturated rings. The van der Waals surface area contributed by atoms with E-state index in [1.54, 1.807) is 31.3 Å². The molecule has 0 bridgehead atoms. The van der Waals surface area contributed by atoms with Gasteiger partial charge in [-0.15, -0.1) is 0 Å². The molecule has 3 rings (SSSR count). The lowest BCUT2D eigenvalue weighted by atomic mass is 10.3. The zero-order valence-corrected chi connectivity index (χ0v) is 14.8. The van der Waals surface area contributed by atoms with Gasteiger partial charge in [-0.3, -0.25) is 4.79 Å². The van der Waals surface area contributed by atoms with Crippen molar-refractivity contribution in [2.75, 3.05) is 18.4 Å². The number of aromatic nitrogens is 1. The largest absolute Gasteiger partial charge is 0.345 e. The fourth-order valence-electron chi connectivity index (χ4n) is 2.74. The standard InChI is InChI=1S/C16H18ClN3O3S/c1-19-11-14(24(22,23)20-7-2-3-8-20)10-15(19)16(21)18-13-6-4-5-12(17)9-13/h4-6,9-11H,2-3,7-8H2,1H3,(H,18,21). The minimum absolute atomic E-state index is 0.142. The van der Waals surface area contributed by atoms with Crippen LogP contribution in [-0.2, 0) is 17.1 Å². The predicted octanol–water partition coefficient (Wildman–Crippen LogP) is 2.72. The molecule has 1 aliphatic heterocycles. The van der Waals surface area contributed by atoms with Crippen LogP contribution in [-0.4, -0.2) is 36.3 Å². The van der Waals surface area contributed by atoms with Crippen LogP contribution in [0.3, 0.4) is 0 Å². The molecule has 0 saturated carbocycles. The average molecular weight is 368 g/mol. The maximum Gasteiger partial charge on any atom is 0.272 e. The number of nitrogens with zero attached hydrogens (tertiary/aromatic N) is 2. The molecule has 2 aromatic rings. The van der Waals surface area contributed by atoms with Gasteiger partial charge in [-0.25, -0.2) is 8.42 Å². The molecule has 128 valence electrons. The van der Waals surface area contributed by atoms with E-state index in [-0.39, 0.29) is 16.5 Å². The number of anilines is 1. The fourth-order valence-corrected chi connectivity index (χ4v) is 4.52. The Morgan fingerprint density at radius 3 is 2.58 bits per heavy atom. The smallest absolute Gasteiger partial charge is 0.272 e. The number of hydrogen-bond acceptors (Lipinski definition) is 3. The molecule has 1 saturated heterocycles. The number of nitrogens with one attached hydrogen (secondary N) is 1. The summed E-state index contributed by atoms with van der Waals surface area (Å²) in [4.78, 5) is 12.6. The summed E-state index contributed by atoms with van der Waals surface area (Å²) in [6.07, 6.45) is 3.21. The van der Waals surface area contributed by atoms with Crippen molar-refractivity contribution >= 4 is 33.2 Å². The molecule has 0 unspecified atom stereocenters. The maximum atomic E-state index is 12.6. The lowest BCUT2D eigenvalue weighted by Gasteiger charge is -2.13. The Labute approximate surface area is 146 Å². The quantitative estimate of drug-likeness (QED) is 0.903. The minimum Gasteiger partial charge on any atom is -0.345 e. The summed E-state index contributed by atoms with van der Waals surface area (Å²) in [5.74, 6) is -0.386. The molecule has 1 aliphatic rings. The van der Waals surface area contributed by atoms with E-state index in [9.17, 15) is 13.2 Å². The van der Waals surface area contributed by atoms with E-state index in [0.29, 0.717) is 23.8 Å². The third-order valence-electron chi connectivity index (χ3n) is 4.00. The molecule has 0 radical (unpaired) electrons. The molecule has 1 N–H and O–H groups in total. The molecular formula is C16H18ClN3O3S. The monoisotopic (exact) mass is 367 g/mol. The number of carbonyl (C=O) groups is 1. The Morgan fingerprint density at radius 2 is 1.92 bits per heavy atom. The first-order valence-electron chi connectivity index (χ1n) is 7.61. The number of amides is 1. The van der Waals surface area contributed by atoms with Crippen LogP contribution >= 0.6 is 11.6 Å². The number of carbonyl (C=O) groups excluding carboxylic acids is 1. The summed E-state index contributed by atoms with van der Waals surface area (Å²) in [5, 5.41) is 3.23. The van der Waals surface area contributed by atoms with Gasteiger partial charge < -0.3 is 9.88 Å². The summed E-state index contributed by atoms with van der Waals surface area (Å²) in [6, 6.07) is 8.19. The normalized spacial score (nSPS) is 15.6. The van der Waals surface area contributed by atoms with Crippen molar-refractivity contribution in [3.63, 3.8) is 0 Å². The van der Waals surface area contributed by atoms with Crippen LogP contribution in [0.4, 0.5) is 5.69 Å². The molecule has 1 amide bonds. The second-order valence-electron chi connectivity index (χ2n) is 5.75. The second kappa shape index (κ2) is 6.58. The molecule has 8 heteroatoms. The SMILES string of the molecule is Cn1cc(S(=O)(=O)N2CCCC2)cc1C(=O)Nc1cccc(Cl)c1. The van der Waals surface area contributed by atoms with Crippen LogP contribution in [0.15, 0.2) is 41.4 Å². The Kier molecular flexibility index (Phi) is 4.67. The molecule has 1 aromatic heterocycles. The van der Waals surface area contributed by atoms with Gasteiger partial charge in [-0.2, -0.15) is 4.31 Å². The highest BCUT2D eigenvalue weighted by Gasteiger charge is 2.29. The Balaban J connectivity index is 1.84. The Bertz CT molecular complexity index is 870. The number of sulfonamides is 1. The van der Waals surface area contributed by atoms with Crippen molar-refractivity contribution in [2.45, 2.75) is 17.7 Å². The summed E-state index contributed by atoms with van der Waals surface area (Å²) < 4.78 is 28.2. The number of rotatable bonds is 4. The molecule has 0 spiro atoms. The highest BCUT2D eigenvalue weighted by atomic mass is 35.5. The van der Waals surface area contributed by atoms with Crippen molar-refractivity contribution < 1.29 is 13.2 Å². The van der Waals surface area contributed by atoms with Crippen LogP contribution < -0.4 is 5.32 Å². The molecule has 1 aromatic carbocycles. The van der Waals surface area contributed by atoms with E-state index < -0.39 is 10.0 Å². The first kappa shape index (κ1) is 17.0. The number of aryl methyl sites for hydroxylation is 1. The zero-order chi connectivity index (χ0) is 17.3. The van der Waals surface area contributed by atoms with Gasteiger partial charge in [0.05, 0.1) is 0 Å². The molecule has 2 heterocycles. The minimum atomic E-state index is -3.54. The fraction of sp³-hybridized carbons (Fsp3) is 0.312. The highest BCUT2D eigenvalue weighted by molar-refractivity contribution is 7.89. The van der Waals surface area contributed by atoms with E-state index in [4.69, 9.17) is 11.6 Å². The third kappa shape index (κ3) is 3.33. The van der Waals surface area contributed by atoms with Crippen LogP contribution in [0, 0.1) is 0 Å². The van der Waals surface area contributed by atoms with Crippen LogP contribution in [0.5, 0.6) is 0 Å². The Morgan fingerprint density at radius 1 is 1.21 bits per heavy atom. The lowest BCUT2D eigenvalue weighted by molar-refractivity contribution is 0.101. The van der Waals surface area contributed by atoms with E-state index in [2.05, 4.69) is 5.32 Å². The van der Waals surface area contributed by atoms with Gasteiger partial charge in [-0.05, 0) is 37.1 Å². The zero-order valence-electron chi connectivity index (χ0n) is 13.2. The number of hydrogen-bond donors (Lipinski definition) is 1. The average Bonchev–Trinajstić information content (AvgIpc) is 3.17. The number of benzene rings is 1. The van der Waals surface area contributed by atoms with Crippen LogP contribution in [0.1, 0.15) is 23.3 Å². The van der Waals surface area contributed by atoms with Gasteiger partial charge in [0.15, 0.2) is 0 Å². The topological polar surface area (TPSA) is 71.4 Å². The summed E-state index contributed by atoms with van der Waals surface area (Å²) in [6.45, 7) is 1.06. The summed E-state index contributed by atoms with van der Waals surface area (Å²) in [7, 11) is -1.89. The predicted molar refractivity (Wildman–Crippen MR) is 92.8 cm³/mol. The van der Waals surface area contributed by atoms with Crippen molar-refractivity contribution in [3.05, 3.63) is 47.2 Å². The van der Waals surface area contributed by atoms with E-state index in [1.165, 1.54) is 21.1 Å². The van der Waals surface area contributed by atoms with Gasteiger partial charge >= 0.3 is 0 Å². The number of halogens is 1.